The second kappa shape index (κ2) is 5.21. The van der Waals surface area contributed by atoms with E-state index >= 15 is 0 Å². The number of rotatable bonds is 1. The van der Waals surface area contributed by atoms with Crippen molar-refractivity contribution in [3.05, 3.63) is 28.8 Å². The first kappa shape index (κ1) is 17.8. The summed E-state index contributed by atoms with van der Waals surface area (Å²) in [6.07, 6.45) is -10.1. The third-order valence-electron chi connectivity index (χ3n) is 2.83. The van der Waals surface area contributed by atoms with Gasteiger partial charge in [0.25, 0.3) is 0 Å². The summed E-state index contributed by atoms with van der Waals surface area (Å²) < 4.78 is 77.3. The Morgan fingerprint density at radius 3 is 1.62 bits per heavy atom. The van der Waals surface area contributed by atoms with E-state index < -0.39 is 47.0 Å². The molecule has 0 atom stereocenters. The molecule has 2 N–H and O–H groups in total. The van der Waals surface area contributed by atoms with Gasteiger partial charge in [-0.05, 0) is 28.6 Å². The molecule has 0 heterocycles. The van der Waals surface area contributed by atoms with Crippen molar-refractivity contribution in [2.45, 2.75) is 38.5 Å². The van der Waals surface area contributed by atoms with Crippen molar-refractivity contribution in [2.24, 2.45) is 0 Å². The van der Waals surface area contributed by atoms with E-state index in [1.807, 2.05) is 0 Å². The van der Waals surface area contributed by atoms with Crippen LogP contribution >= 0.6 is 0 Å². The highest BCUT2D eigenvalue weighted by Crippen LogP contribution is 2.40. The van der Waals surface area contributed by atoms with Crippen molar-refractivity contribution in [2.75, 3.05) is 0 Å². The normalized spacial score (nSPS) is 13.5. The van der Waals surface area contributed by atoms with Crippen LogP contribution < -0.4 is 5.46 Å². The molecule has 9 heteroatoms. The number of hydrogen-bond acceptors (Lipinski definition) is 2. The Labute approximate surface area is 117 Å². The van der Waals surface area contributed by atoms with Gasteiger partial charge in [-0.1, -0.05) is 20.8 Å². The summed E-state index contributed by atoms with van der Waals surface area (Å²) in [5.74, 6) is 0. The molecule has 0 saturated heterocycles. The predicted molar refractivity (Wildman–Crippen MR) is 65.0 cm³/mol. The third-order valence-corrected chi connectivity index (χ3v) is 2.83. The van der Waals surface area contributed by atoms with Gasteiger partial charge in [-0.25, -0.2) is 0 Å². The Balaban J connectivity index is 3.85. The summed E-state index contributed by atoms with van der Waals surface area (Å²) in [6.45, 7) is 4.03. The molecule has 0 radical (unpaired) electrons. The zero-order valence-electron chi connectivity index (χ0n) is 11.4. The SMILES string of the molecule is CC(C)(C)c1c(B(O)O)cc(C(F)(F)F)cc1C(F)(F)F. The number of alkyl halides is 6. The molecule has 118 valence electrons. The van der Waals surface area contributed by atoms with E-state index in [-0.39, 0.29) is 6.07 Å². The second-order valence-corrected chi connectivity index (χ2v) is 5.61. The van der Waals surface area contributed by atoms with Crippen molar-refractivity contribution in [3.8, 4) is 0 Å². The van der Waals surface area contributed by atoms with Crippen LogP contribution in [0.4, 0.5) is 26.3 Å². The number of halogens is 6. The second-order valence-electron chi connectivity index (χ2n) is 5.61. The molecule has 0 spiro atoms. The summed E-state index contributed by atoms with van der Waals surface area (Å²) in [5, 5.41) is 18.3. The average Bonchev–Trinajstić information content (AvgIpc) is 2.23. The molecule has 0 amide bonds. The smallest absolute Gasteiger partial charge is 0.423 e. The minimum atomic E-state index is -5.05. The lowest BCUT2D eigenvalue weighted by molar-refractivity contribution is -0.143. The van der Waals surface area contributed by atoms with Gasteiger partial charge in [0, 0.05) is 0 Å². The fraction of sp³-hybridized carbons (Fsp3) is 0.500. The van der Waals surface area contributed by atoms with E-state index in [1.54, 1.807) is 0 Å². The van der Waals surface area contributed by atoms with Gasteiger partial charge in [-0.2, -0.15) is 26.3 Å². The van der Waals surface area contributed by atoms with Crippen molar-refractivity contribution in [1.82, 2.24) is 0 Å². The van der Waals surface area contributed by atoms with Gasteiger partial charge >= 0.3 is 19.5 Å². The maximum absolute atomic E-state index is 13.1. The lowest BCUT2D eigenvalue weighted by Crippen LogP contribution is -2.40. The van der Waals surface area contributed by atoms with Gasteiger partial charge in [0.15, 0.2) is 0 Å². The Kier molecular flexibility index (Phi) is 4.42. The third kappa shape index (κ3) is 3.91. The van der Waals surface area contributed by atoms with Crippen LogP contribution in [0.2, 0.25) is 0 Å². The lowest BCUT2D eigenvalue weighted by Gasteiger charge is -2.28. The van der Waals surface area contributed by atoms with Crippen LogP contribution in [0, 0.1) is 0 Å². The molecule has 0 aliphatic rings. The first-order valence-corrected chi connectivity index (χ1v) is 5.84. The van der Waals surface area contributed by atoms with Crippen LogP contribution in [0.5, 0.6) is 0 Å². The topological polar surface area (TPSA) is 40.5 Å². The van der Waals surface area contributed by atoms with Crippen molar-refractivity contribution < 1.29 is 36.4 Å². The molecule has 0 aliphatic heterocycles. The van der Waals surface area contributed by atoms with E-state index in [9.17, 15) is 26.3 Å². The molecule has 1 aromatic rings. The maximum atomic E-state index is 13.1. The Hall–Kier alpha value is -1.22. The summed E-state index contributed by atoms with van der Waals surface area (Å²) in [7, 11) is -2.44. The van der Waals surface area contributed by atoms with E-state index in [0.29, 0.717) is 6.07 Å². The summed E-state index contributed by atoms with van der Waals surface area (Å²) in [6, 6.07) is 0.326. The largest absolute Gasteiger partial charge is 0.488 e. The maximum Gasteiger partial charge on any atom is 0.488 e. The molecule has 21 heavy (non-hydrogen) atoms. The Bertz CT molecular complexity index is 528. The number of benzene rings is 1. The molecule has 2 nitrogen and oxygen atoms in total. The van der Waals surface area contributed by atoms with E-state index in [4.69, 9.17) is 10.0 Å². The van der Waals surface area contributed by atoms with Crippen LogP contribution in [-0.4, -0.2) is 17.2 Å². The molecule has 0 fully saturated rings. The quantitative estimate of drug-likeness (QED) is 0.618. The minimum Gasteiger partial charge on any atom is -0.423 e. The van der Waals surface area contributed by atoms with Gasteiger partial charge in [0.05, 0.1) is 11.1 Å². The fourth-order valence-electron chi connectivity index (χ4n) is 2.09. The molecule has 0 aromatic heterocycles. The van der Waals surface area contributed by atoms with Crippen LogP contribution in [0.3, 0.4) is 0 Å². The molecular formula is C12H13BF6O2. The predicted octanol–water partition coefficient (Wildman–Crippen LogP) is 2.70. The Morgan fingerprint density at radius 2 is 1.33 bits per heavy atom. The van der Waals surface area contributed by atoms with Gasteiger partial charge in [0.1, 0.15) is 0 Å². The van der Waals surface area contributed by atoms with Gasteiger partial charge < -0.3 is 10.0 Å². The molecule has 1 aromatic carbocycles. The van der Waals surface area contributed by atoms with E-state index in [2.05, 4.69) is 0 Å². The average molecular weight is 314 g/mol. The zero-order valence-corrected chi connectivity index (χ0v) is 11.4. The first-order chi connectivity index (χ1) is 9.15. The van der Waals surface area contributed by atoms with E-state index in [0.717, 1.165) is 0 Å². The van der Waals surface area contributed by atoms with Crippen LogP contribution in [0.1, 0.15) is 37.5 Å². The van der Waals surface area contributed by atoms with E-state index in [1.165, 1.54) is 20.8 Å². The first-order valence-electron chi connectivity index (χ1n) is 5.84. The summed E-state index contributed by atoms with van der Waals surface area (Å²) in [5.41, 5.74) is -5.70. The number of hydrogen-bond donors (Lipinski definition) is 2. The van der Waals surface area contributed by atoms with Crippen LogP contribution in [-0.2, 0) is 17.8 Å². The molecule has 0 aliphatic carbocycles. The van der Waals surface area contributed by atoms with Crippen LogP contribution in [0.15, 0.2) is 12.1 Å². The lowest BCUT2D eigenvalue weighted by atomic mass is 9.67. The van der Waals surface area contributed by atoms with Crippen LogP contribution in [0.25, 0.3) is 0 Å². The van der Waals surface area contributed by atoms with Gasteiger partial charge in [-0.15, -0.1) is 0 Å². The zero-order chi connectivity index (χ0) is 16.8. The highest BCUT2D eigenvalue weighted by Gasteiger charge is 2.43. The molecule has 1 rings (SSSR count). The Morgan fingerprint density at radius 1 is 0.857 bits per heavy atom. The summed E-state index contributed by atoms with van der Waals surface area (Å²) in [4.78, 5) is 0. The standard InChI is InChI=1S/C12H13BF6O2/c1-10(2,3)9-7(12(17,18)19)4-6(11(14,15)16)5-8(9)13(20)21/h4-5,20-21H,1-3H3. The molecular weight excluding hydrogens is 301 g/mol. The molecule has 0 bridgehead atoms. The highest BCUT2D eigenvalue weighted by atomic mass is 19.4. The van der Waals surface area contributed by atoms with Crippen molar-refractivity contribution in [3.63, 3.8) is 0 Å². The highest BCUT2D eigenvalue weighted by molar-refractivity contribution is 6.59. The summed E-state index contributed by atoms with van der Waals surface area (Å²) >= 11 is 0. The fourth-order valence-corrected chi connectivity index (χ4v) is 2.09. The molecule has 0 saturated carbocycles. The van der Waals surface area contributed by atoms with Gasteiger partial charge in [0.2, 0.25) is 0 Å². The minimum absolute atomic E-state index is 0.00748. The monoisotopic (exact) mass is 314 g/mol. The van der Waals surface area contributed by atoms with Gasteiger partial charge in [-0.3, -0.25) is 0 Å². The molecule has 0 unspecified atom stereocenters. The van der Waals surface area contributed by atoms with Crippen molar-refractivity contribution >= 4 is 12.6 Å². The van der Waals surface area contributed by atoms with Crippen molar-refractivity contribution in [1.29, 1.82) is 0 Å².